The molecule has 2 N–H and O–H groups in total. The van der Waals surface area contributed by atoms with Gasteiger partial charge in [0.25, 0.3) is 0 Å². The Morgan fingerprint density at radius 2 is 2.00 bits per heavy atom. The molecule has 18 heavy (non-hydrogen) atoms. The molecule has 2 aliphatic rings. The average Bonchev–Trinajstić information content (AvgIpc) is 3.22. The van der Waals surface area contributed by atoms with Gasteiger partial charge in [-0.2, -0.15) is 0 Å². The van der Waals surface area contributed by atoms with E-state index in [1.807, 2.05) is 0 Å². The highest BCUT2D eigenvalue weighted by atomic mass is 16.5. The predicted molar refractivity (Wildman–Crippen MR) is 74.1 cm³/mol. The lowest BCUT2D eigenvalue weighted by Crippen LogP contribution is -2.21. The van der Waals surface area contributed by atoms with Crippen LogP contribution in [-0.4, -0.2) is 13.2 Å². The third kappa shape index (κ3) is 2.14. The Hall–Kier alpha value is -1.02. The molecule has 2 fully saturated rings. The summed E-state index contributed by atoms with van der Waals surface area (Å²) >= 11 is 0. The highest BCUT2D eigenvalue weighted by molar-refractivity contribution is 5.50. The fourth-order valence-electron chi connectivity index (χ4n) is 2.76. The summed E-state index contributed by atoms with van der Waals surface area (Å²) in [6.45, 7) is 5.95. The van der Waals surface area contributed by atoms with Crippen LogP contribution in [0.15, 0.2) is 12.1 Å². The first-order valence-electron chi connectivity index (χ1n) is 7.09. The molecule has 0 atom stereocenters. The fourth-order valence-corrected chi connectivity index (χ4v) is 2.76. The molecule has 3 rings (SSSR count). The summed E-state index contributed by atoms with van der Waals surface area (Å²) in [5, 5.41) is 0. The van der Waals surface area contributed by atoms with Crippen LogP contribution in [-0.2, 0) is 5.41 Å². The summed E-state index contributed by atoms with van der Waals surface area (Å²) in [6.07, 6.45) is 5.10. The van der Waals surface area contributed by atoms with Crippen molar-refractivity contribution in [3.63, 3.8) is 0 Å². The molecule has 98 valence electrons. The Morgan fingerprint density at radius 3 is 2.56 bits per heavy atom. The normalized spacial score (nSPS) is 20.8. The second-order valence-corrected chi connectivity index (χ2v) is 6.20. The fraction of sp³-hybridized carbons (Fsp3) is 0.625. The molecule has 0 unspecified atom stereocenters. The Bertz CT molecular complexity index is 458. The van der Waals surface area contributed by atoms with Crippen molar-refractivity contribution in [2.45, 2.75) is 44.9 Å². The van der Waals surface area contributed by atoms with Gasteiger partial charge < -0.3 is 10.5 Å². The maximum absolute atomic E-state index is 6.12. The summed E-state index contributed by atoms with van der Waals surface area (Å²) < 4.78 is 6.12. The number of hydrogen-bond donors (Lipinski definition) is 1. The van der Waals surface area contributed by atoms with E-state index in [-0.39, 0.29) is 5.41 Å². The molecule has 0 heterocycles. The van der Waals surface area contributed by atoms with E-state index in [1.54, 1.807) is 0 Å². The van der Waals surface area contributed by atoms with Crippen molar-refractivity contribution in [2.75, 3.05) is 13.2 Å². The topological polar surface area (TPSA) is 35.2 Å². The zero-order chi connectivity index (χ0) is 12.8. The molecule has 2 nitrogen and oxygen atoms in total. The van der Waals surface area contributed by atoms with Gasteiger partial charge in [-0.05, 0) is 51.0 Å². The van der Waals surface area contributed by atoms with Crippen LogP contribution in [0.2, 0.25) is 0 Å². The van der Waals surface area contributed by atoms with Crippen LogP contribution in [0.25, 0.3) is 0 Å². The molecule has 0 aliphatic heterocycles. The van der Waals surface area contributed by atoms with Crippen LogP contribution in [0, 0.1) is 19.8 Å². The zero-order valence-electron chi connectivity index (χ0n) is 11.5. The first-order valence-corrected chi connectivity index (χ1v) is 7.09. The van der Waals surface area contributed by atoms with Gasteiger partial charge in [-0.3, -0.25) is 0 Å². The summed E-state index contributed by atoms with van der Waals surface area (Å²) in [4.78, 5) is 0. The predicted octanol–water partition coefficient (Wildman–Crippen LogP) is 3.08. The highest BCUT2D eigenvalue weighted by Gasteiger charge is 2.45. The van der Waals surface area contributed by atoms with Crippen molar-refractivity contribution >= 4 is 0 Å². The molecule has 2 aliphatic carbocycles. The maximum Gasteiger partial charge on any atom is 0.126 e. The van der Waals surface area contributed by atoms with Crippen LogP contribution >= 0.6 is 0 Å². The van der Waals surface area contributed by atoms with Crippen LogP contribution < -0.4 is 10.5 Å². The Labute approximate surface area is 110 Å². The zero-order valence-corrected chi connectivity index (χ0v) is 11.5. The number of ether oxygens (including phenoxy) is 1. The van der Waals surface area contributed by atoms with Crippen molar-refractivity contribution in [2.24, 2.45) is 11.7 Å². The molecule has 0 amide bonds. The van der Waals surface area contributed by atoms with E-state index in [1.165, 1.54) is 42.4 Å². The van der Waals surface area contributed by atoms with E-state index < -0.39 is 0 Å². The number of rotatable bonds is 5. The number of hydrogen-bond acceptors (Lipinski definition) is 2. The first-order chi connectivity index (χ1) is 8.64. The molecular formula is C16H23NO. The molecule has 2 heteroatoms. The van der Waals surface area contributed by atoms with Crippen molar-refractivity contribution < 1.29 is 4.74 Å². The van der Waals surface area contributed by atoms with E-state index in [2.05, 4.69) is 26.0 Å². The Kier molecular flexibility index (Phi) is 2.86. The highest BCUT2D eigenvalue weighted by Crippen LogP contribution is 2.51. The quantitative estimate of drug-likeness (QED) is 0.865. The van der Waals surface area contributed by atoms with Gasteiger partial charge in [0.1, 0.15) is 5.75 Å². The molecule has 1 aromatic carbocycles. The monoisotopic (exact) mass is 245 g/mol. The molecular weight excluding hydrogens is 222 g/mol. The van der Waals surface area contributed by atoms with Gasteiger partial charge in [-0.25, -0.2) is 0 Å². The first kappa shape index (κ1) is 12.0. The number of aryl methyl sites for hydroxylation is 2. The van der Waals surface area contributed by atoms with Crippen molar-refractivity contribution in [1.29, 1.82) is 0 Å². The Morgan fingerprint density at radius 1 is 1.28 bits per heavy atom. The second-order valence-electron chi connectivity index (χ2n) is 6.20. The Balaban J connectivity index is 1.93. The molecule has 2 saturated carbocycles. The minimum Gasteiger partial charge on any atom is -0.493 e. The number of nitrogens with two attached hydrogens (primary N) is 1. The molecule has 0 aromatic heterocycles. The summed E-state index contributed by atoms with van der Waals surface area (Å²) in [7, 11) is 0. The van der Waals surface area contributed by atoms with E-state index in [9.17, 15) is 0 Å². The summed E-state index contributed by atoms with van der Waals surface area (Å²) in [6, 6.07) is 4.51. The van der Waals surface area contributed by atoms with Crippen LogP contribution in [0.5, 0.6) is 5.75 Å². The van der Waals surface area contributed by atoms with E-state index in [0.29, 0.717) is 0 Å². The smallest absolute Gasteiger partial charge is 0.126 e. The van der Waals surface area contributed by atoms with Gasteiger partial charge in [0.05, 0.1) is 6.61 Å². The molecule has 1 aromatic rings. The average molecular weight is 245 g/mol. The van der Waals surface area contributed by atoms with E-state index >= 15 is 0 Å². The maximum atomic E-state index is 6.12. The van der Waals surface area contributed by atoms with Crippen molar-refractivity contribution in [3.8, 4) is 5.75 Å². The SMILES string of the molecule is Cc1cc(C)c(OCC2CC2)c(C2(CN)CC2)c1. The van der Waals surface area contributed by atoms with Gasteiger partial charge in [-0.1, -0.05) is 17.7 Å². The third-order valence-electron chi connectivity index (χ3n) is 4.39. The summed E-state index contributed by atoms with van der Waals surface area (Å²) in [5.74, 6) is 1.92. The summed E-state index contributed by atoms with van der Waals surface area (Å²) in [5.41, 5.74) is 10.2. The second kappa shape index (κ2) is 4.27. The van der Waals surface area contributed by atoms with Gasteiger partial charge in [0.2, 0.25) is 0 Å². The van der Waals surface area contributed by atoms with Crippen LogP contribution in [0.3, 0.4) is 0 Å². The minimum atomic E-state index is 0.218. The lowest BCUT2D eigenvalue weighted by Gasteiger charge is -2.21. The minimum absolute atomic E-state index is 0.218. The molecule has 0 saturated heterocycles. The van der Waals surface area contributed by atoms with Gasteiger partial charge >= 0.3 is 0 Å². The largest absolute Gasteiger partial charge is 0.493 e. The standard InChI is InChI=1S/C16H23NO/c1-11-7-12(2)15(18-9-13-3-4-13)14(8-11)16(10-17)5-6-16/h7-8,13H,3-6,9-10,17H2,1-2H3. The van der Waals surface area contributed by atoms with Gasteiger partial charge in [0, 0.05) is 17.5 Å². The molecule has 0 bridgehead atoms. The molecule has 0 radical (unpaired) electrons. The van der Waals surface area contributed by atoms with E-state index in [4.69, 9.17) is 10.5 Å². The van der Waals surface area contributed by atoms with Crippen LogP contribution in [0.4, 0.5) is 0 Å². The van der Waals surface area contributed by atoms with Gasteiger partial charge in [0.15, 0.2) is 0 Å². The van der Waals surface area contributed by atoms with Gasteiger partial charge in [-0.15, -0.1) is 0 Å². The lowest BCUT2D eigenvalue weighted by atomic mass is 9.91. The lowest BCUT2D eigenvalue weighted by molar-refractivity contribution is 0.292. The van der Waals surface area contributed by atoms with Crippen molar-refractivity contribution in [1.82, 2.24) is 0 Å². The van der Waals surface area contributed by atoms with Crippen LogP contribution in [0.1, 0.15) is 42.4 Å². The third-order valence-corrected chi connectivity index (χ3v) is 4.39. The van der Waals surface area contributed by atoms with E-state index in [0.717, 1.165) is 24.8 Å². The number of benzene rings is 1. The molecule has 0 spiro atoms. The van der Waals surface area contributed by atoms with Crippen molar-refractivity contribution in [3.05, 3.63) is 28.8 Å².